The van der Waals surface area contributed by atoms with Crippen LogP contribution in [-0.2, 0) is 4.79 Å². The lowest BCUT2D eigenvalue weighted by molar-refractivity contribution is -0.113. The van der Waals surface area contributed by atoms with Gasteiger partial charge < -0.3 is 5.32 Å². The molecule has 0 bridgehead atoms. The molecular weight excluding hydrogens is 242 g/mol. The summed E-state index contributed by atoms with van der Waals surface area (Å²) in [5, 5.41) is 9.06. The molecule has 6 heteroatoms. The van der Waals surface area contributed by atoms with Crippen LogP contribution in [-0.4, -0.2) is 28.1 Å². The molecule has 0 aliphatic rings. The van der Waals surface area contributed by atoms with Gasteiger partial charge in [0, 0.05) is 0 Å². The summed E-state index contributed by atoms with van der Waals surface area (Å²) < 4.78 is 0.761. The summed E-state index contributed by atoms with van der Waals surface area (Å²) in [6.45, 7) is 0. The molecule has 1 aromatic heterocycles. The van der Waals surface area contributed by atoms with Crippen molar-refractivity contribution in [1.29, 1.82) is 0 Å². The molecule has 0 spiro atoms. The number of nitrogens with zero attached hydrogens (tertiary/aromatic N) is 1. The Bertz CT molecular complexity index is 276. The Morgan fingerprint density at radius 3 is 3.17 bits per heavy atom. The van der Waals surface area contributed by atoms with Crippen molar-refractivity contribution in [3.63, 3.8) is 0 Å². The number of carbonyl (C=O) groups is 1. The number of thioether (sulfide) groups is 1. The van der Waals surface area contributed by atoms with E-state index in [1.54, 1.807) is 6.20 Å². The van der Waals surface area contributed by atoms with Crippen LogP contribution >= 0.6 is 27.7 Å². The van der Waals surface area contributed by atoms with Gasteiger partial charge >= 0.3 is 0 Å². The van der Waals surface area contributed by atoms with E-state index in [1.807, 2.05) is 6.26 Å². The third kappa shape index (κ3) is 2.53. The number of halogens is 1. The van der Waals surface area contributed by atoms with Crippen molar-refractivity contribution < 1.29 is 4.79 Å². The molecule has 0 radical (unpaired) electrons. The molecule has 0 saturated carbocycles. The number of amides is 1. The Balaban J connectivity index is 2.52. The van der Waals surface area contributed by atoms with Crippen LogP contribution in [0.3, 0.4) is 0 Å². The Morgan fingerprint density at radius 1 is 1.92 bits per heavy atom. The number of rotatable bonds is 3. The van der Waals surface area contributed by atoms with Crippen molar-refractivity contribution in [2.45, 2.75) is 0 Å². The van der Waals surface area contributed by atoms with Crippen molar-refractivity contribution in [1.82, 2.24) is 10.2 Å². The van der Waals surface area contributed by atoms with Gasteiger partial charge in [-0.05, 0) is 22.2 Å². The summed E-state index contributed by atoms with van der Waals surface area (Å²) in [5.74, 6) is 1.02. The number of nitrogens with one attached hydrogen (secondary N) is 2. The SMILES string of the molecule is CSCC(=O)Nc1[nH]ncc1Br. The highest BCUT2D eigenvalue weighted by atomic mass is 79.9. The molecule has 0 saturated heterocycles. The van der Waals surface area contributed by atoms with Gasteiger partial charge in [0.25, 0.3) is 0 Å². The number of aromatic nitrogens is 2. The highest BCUT2D eigenvalue weighted by Gasteiger charge is 2.05. The first kappa shape index (κ1) is 9.60. The third-order valence-electron chi connectivity index (χ3n) is 1.13. The molecule has 0 aliphatic heterocycles. The lowest BCUT2D eigenvalue weighted by Crippen LogP contribution is -2.14. The molecule has 12 heavy (non-hydrogen) atoms. The van der Waals surface area contributed by atoms with Crippen molar-refractivity contribution in [2.24, 2.45) is 0 Å². The molecule has 1 heterocycles. The minimum Gasteiger partial charge on any atom is -0.309 e. The standard InChI is InChI=1S/C6H8BrN3OS/c1-12-3-5(11)9-6-4(7)2-8-10-6/h2H,3H2,1H3,(H2,8,9,10,11). The predicted octanol–water partition coefficient (Wildman–Crippen LogP) is 1.47. The molecule has 0 aromatic carbocycles. The third-order valence-corrected chi connectivity index (χ3v) is 2.29. The molecule has 1 rings (SSSR count). The maximum atomic E-state index is 11.1. The van der Waals surface area contributed by atoms with Gasteiger partial charge in [-0.3, -0.25) is 9.89 Å². The average Bonchev–Trinajstić information content (AvgIpc) is 2.37. The molecule has 4 nitrogen and oxygen atoms in total. The van der Waals surface area contributed by atoms with E-state index in [1.165, 1.54) is 11.8 Å². The number of anilines is 1. The van der Waals surface area contributed by atoms with Crippen LogP contribution in [0.4, 0.5) is 5.82 Å². The van der Waals surface area contributed by atoms with Crippen LogP contribution < -0.4 is 5.32 Å². The summed E-state index contributed by atoms with van der Waals surface area (Å²) in [6, 6.07) is 0. The second kappa shape index (κ2) is 4.51. The fourth-order valence-electron chi connectivity index (χ4n) is 0.666. The minimum absolute atomic E-state index is 0.0348. The largest absolute Gasteiger partial charge is 0.309 e. The summed E-state index contributed by atoms with van der Waals surface area (Å²) in [4.78, 5) is 11.1. The quantitative estimate of drug-likeness (QED) is 0.854. The van der Waals surface area contributed by atoms with Crippen LogP contribution in [0, 0.1) is 0 Å². The molecule has 2 N–H and O–H groups in total. The summed E-state index contributed by atoms with van der Waals surface area (Å²) in [7, 11) is 0. The summed E-state index contributed by atoms with van der Waals surface area (Å²) in [5.41, 5.74) is 0. The highest BCUT2D eigenvalue weighted by Crippen LogP contribution is 2.17. The summed E-state index contributed by atoms with van der Waals surface area (Å²) in [6.07, 6.45) is 3.47. The number of hydrogen-bond donors (Lipinski definition) is 2. The monoisotopic (exact) mass is 249 g/mol. The Morgan fingerprint density at radius 2 is 2.67 bits per heavy atom. The lowest BCUT2D eigenvalue weighted by Gasteiger charge is -2.00. The molecular formula is C6H8BrN3OS. The van der Waals surface area contributed by atoms with Gasteiger partial charge in [-0.1, -0.05) is 0 Å². The smallest absolute Gasteiger partial charge is 0.235 e. The first-order chi connectivity index (χ1) is 5.74. The number of carbonyl (C=O) groups excluding carboxylic acids is 1. The van der Waals surface area contributed by atoms with E-state index < -0.39 is 0 Å². The number of hydrogen-bond acceptors (Lipinski definition) is 3. The molecule has 0 atom stereocenters. The zero-order chi connectivity index (χ0) is 8.97. The van der Waals surface area contributed by atoms with Gasteiger partial charge in [0.1, 0.15) is 5.82 Å². The Hall–Kier alpha value is -0.490. The van der Waals surface area contributed by atoms with E-state index in [0.717, 1.165) is 4.47 Å². The molecule has 1 amide bonds. The van der Waals surface area contributed by atoms with Crippen molar-refractivity contribution >= 4 is 39.4 Å². The molecule has 0 unspecified atom stereocenters. The van der Waals surface area contributed by atoms with Gasteiger partial charge in [-0.25, -0.2) is 0 Å². The van der Waals surface area contributed by atoms with Crippen molar-refractivity contribution in [3.05, 3.63) is 10.7 Å². The van der Waals surface area contributed by atoms with E-state index in [0.29, 0.717) is 11.6 Å². The molecule has 0 aliphatic carbocycles. The van der Waals surface area contributed by atoms with Gasteiger partial charge in [-0.15, -0.1) is 0 Å². The van der Waals surface area contributed by atoms with Gasteiger partial charge in [0.2, 0.25) is 5.91 Å². The van der Waals surface area contributed by atoms with Crippen molar-refractivity contribution in [2.75, 3.05) is 17.3 Å². The lowest BCUT2D eigenvalue weighted by atomic mass is 10.6. The maximum Gasteiger partial charge on any atom is 0.235 e. The van der Waals surface area contributed by atoms with Crippen LogP contribution in [0.2, 0.25) is 0 Å². The second-order valence-electron chi connectivity index (χ2n) is 2.07. The zero-order valence-corrected chi connectivity index (χ0v) is 8.83. The zero-order valence-electron chi connectivity index (χ0n) is 6.43. The second-order valence-corrected chi connectivity index (χ2v) is 3.79. The van der Waals surface area contributed by atoms with E-state index in [9.17, 15) is 4.79 Å². The minimum atomic E-state index is -0.0348. The number of H-pyrrole nitrogens is 1. The van der Waals surface area contributed by atoms with Crippen LogP contribution in [0.15, 0.2) is 10.7 Å². The molecule has 1 aromatic rings. The van der Waals surface area contributed by atoms with Crippen LogP contribution in [0.5, 0.6) is 0 Å². The fourth-order valence-corrected chi connectivity index (χ4v) is 1.29. The van der Waals surface area contributed by atoms with E-state index in [2.05, 4.69) is 31.4 Å². The molecule has 0 fully saturated rings. The van der Waals surface area contributed by atoms with E-state index in [4.69, 9.17) is 0 Å². The predicted molar refractivity (Wildman–Crippen MR) is 53.3 cm³/mol. The van der Waals surface area contributed by atoms with E-state index >= 15 is 0 Å². The summed E-state index contributed by atoms with van der Waals surface area (Å²) >= 11 is 4.71. The first-order valence-electron chi connectivity index (χ1n) is 3.21. The maximum absolute atomic E-state index is 11.1. The fraction of sp³-hybridized carbons (Fsp3) is 0.333. The molecule has 66 valence electrons. The average molecular weight is 250 g/mol. The highest BCUT2D eigenvalue weighted by molar-refractivity contribution is 9.10. The van der Waals surface area contributed by atoms with Gasteiger partial charge in [-0.2, -0.15) is 16.9 Å². The van der Waals surface area contributed by atoms with Crippen LogP contribution in [0.1, 0.15) is 0 Å². The van der Waals surface area contributed by atoms with Gasteiger partial charge in [0.05, 0.1) is 16.4 Å². The topological polar surface area (TPSA) is 57.8 Å². The van der Waals surface area contributed by atoms with Gasteiger partial charge in [0.15, 0.2) is 0 Å². The Kier molecular flexibility index (Phi) is 3.61. The van der Waals surface area contributed by atoms with E-state index in [-0.39, 0.29) is 5.91 Å². The Labute approximate surface area is 82.6 Å². The first-order valence-corrected chi connectivity index (χ1v) is 5.40. The number of aromatic amines is 1. The van der Waals surface area contributed by atoms with Crippen molar-refractivity contribution in [3.8, 4) is 0 Å². The van der Waals surface area contributed by atoms with Crippen LogP contribution in [0.25, 0.3) is 0 Å². The normalized spacial score (nSPS) is 9.83.